The molecule has 0 aliphatic carbocycles. The molecule has 5 nitrogen and oxygen atoms in total. The first-order valence-corrected chi connectivity index (χ1v) is 11.2. The van der Waals surface area contributed by atoms with Crippen molar-refractivity contribution in [3.63, 3.8) is 0 Å². The molecule has 168 valence electrons. The van der Waals surface area contributed by atoms with Crippen LogP contribution >= 0.6 is 0 Å². The highest BCUT2D eigenvalue weighted by atomic mass is 16.5. The van der Waals surface area contributed by atoms with E-state index in [2.05, 4.69) is 12.2 Å². The summed E-state index contributed by atoms with van der Waals surface area (Å²) in [6.45, 7) is 10.9. The molecule has 1 atom stereocenters. The zero-order valence-electron chi connectivity index (χ0n) is 19.5. The van der Waals surface area contributed by atoms with Gasteiger partial charge in [0.05, 0.1) is 0 Å². The molecule has 0 saturated carbocycles. The lowest BCUT2D eigenvalue weighted by atomic mass is 10.1. The maximum Gasteiger partial charge on any atom is 0.261 e. The zero-order valence-corrected chi connectivity index (χ0v) is 19.5. The molecular formula is C26H36N2O3. The normalized spacial score (nSPS) is 11.6. The molecule has 0 aromatic heterocycles. The van der Waals surface area contributed by atoms with Gasteiger partial charge < -0.3 is 15.0 Å². The summed E-state index contributed by atoms with van der Waals surface area (Å²) in [5, 5.41) is 2.98. The minimum Gasteiger partial charge on any atom is -0.483 e. The summed E-state index contributed by atoms with van der Waals surface area (Å²) >= 11 is 0. The first kappa shape index (κ1) is 24.4. The Kier molecular flexibility index (Phi) is 9.57. The van der Waals surface area contributed by atoms with Gasteiger partial charge in [-0.1, -0.05) is 62.2 Å². The minimum absolute atomic E-state index is 0.102. The number of amides is 2. The number of hydrogen-bond donors (Lipinski definition) is 1. The molecule has 2 aromatic carbocycles. The summed E-state index contributed by atoms with van der Waals surface area (Å²) in [7, 11) is 0. The Hall–Kier alpha value is -2.82. The van der Waals surface area contributed by atoms with Gasteiger partial charge >= 0.3 is 0 Å². The second-order valence-corrected chi connectivity index (χ2v) is 8.13. The quantitative estimate of drug-likeness (QED) is 0.531. The Morgan fingerprint density at radius 2 is 1.68 bits per heavy atom. The molecule has 2 rings (SSSR count). The smallest absolute Gasteiger partial charge is 0.261 e. The van der Waals surface area contributed by atoms with E-state index in [9.17, 15) is 9.59 Å². The second-order valence-electron chi connectivity index (χ2n) is 8.13. The molecule has 2 aromatic rings. The SMILES string of the molecule is CCCCNC(=O)[C@@H](CC)N(Cc1ccc(C)cc1)C(=O)COc1cc(C)ccc1C. The Bertz CT molecular complexity index is 861. The van der Waals surface area contributed by atoms with Crippen LogP contribution in [-0.4, -0.2) is 35.9 Å². The van der Waals surface area contributed by atoms with Crippen LogP contribution < -0.4 is 10.1 Å². The standard InChI is InChI=1S/C26H36N2O3/c1-6-8-15-27-26(30)23(7-2)28(17-22-13-10-19(3)11-14-22)25(29)18-31-24-16-20(4)9-12-21(24)5/h9-14,16,23H,6-8,15,17-18H2,1-5H3,(H,27,30)/t23-/m1/s1. The third-order valence-corrected chi connectivity index (χ3v) is 5.38. The van der Waals surface area contributed by atoms with Crippen LogP contribution in [0.4, 0.5) is 0 Å². The van der Waals surface area contributed by atoms with Crippen LogP contribution in [0.3, 0.4) is 0 Å². The van der Waals surface area contributed by atoms with Crippen molar-refractivity contribution in [3.8, 4) is 5.75 Å². The van der Waals surface area contributed by atoms with Crippen molar-refractivity contribution in [1.82, 2.24) is 10.2 Å². The van der Waals surface area contributed by atoms with Gasteiger partial charge in [0.15, 0.2) is 6.61 Å². The summed E-state index contributed by atoms with van der Waals surface area (Å²) in [6, 6.07) is 13.4. The van der Waals surface area contributed by atoms with E-state index in [4.69, 9.17) is 4.74 Å². The lowest BCUT2D eigenvalue weighted by Crippen LogP contribution is -2.50. The predicted molar refractivity (Wildman–Crippen MR) is 125 cm³/mol. The summed E-state index contributed by atoms with van der Waals surface area (Å²) in [4.78, 5) is 27.8. The van der Waals surface area contributed by atoms with Crippen molar-refractivity contribution >= 4 is 11.8 Å². The van der Waals surface area contributed by atoms with Crippen molar-refractivity contribution in [3.05, 3.63) is 64.7 Å². The van der Waals surface area contributed by atoms with Crippen molar-refractivity contribution in [2.45, 2.75) is 66.5 Å². The number of carbonyl (C=O) groups is 2. The number of ether oxygens (including phenoxy) is 1. The first-order chi connectivity index (χ1) is 14.8. The second kappa shape index (κ2) is 12.1. The molecule has 1 N–H and O–H groups in total. The van der Waals surface area contributed by atoms with E-state index in [1.807, 2.05) is 70.2 Å². The van der Waals surface area contributed by atoms with Crippen LogP contribution in [0.25, 0.3) is 0 Å². The number of benzene rings is 2. The molecule has 0 radical (unpaired) electrons. The van der Waals surface area contributed by atoms with Crippen LogP contribution in [-0.2, 0) is 16.1 Å². The van der Waals surface area contributed by atoms with E-state index in [1.54, 1.807) is 4.90 Å². The third kappa shape index (κ3) is 7.42. The topological polar surface area (TPSA) is 58.6 Å². The molecule has 0 unspecified atom stereocenters. The van der Waals surface area contributed by atoms with Gasteiger partial charge in [0.25, 0.3) is 5.91 Å². The van der Waals surface area contributed by atoms with E-state index in [-0.39, 0.29) is 18.4 Å². The molecule has 0 aliphatic rings. The van der Waals surface area contributed by atoms with Crippen LogP contribution in [0.2, 0.25) is 0 Å². The maximum absolute atomic E-state index is 13.2. The molecule has 0 saturated heterocycles. The van der Waals surface area contributed by atoms with E-state index < -0.39 is 6.04 Å². The lowest BCUT2D eigenvalue weighted by Gasteiger charge is -2.30. The fraction of sp³-hybridized carbons (Fsp3) is 0.462. The molecule has 2 amide bonds. The highest BCUT2D eigenvalue weighted by Gasteiger charge is 2.28. The molecule has 31 heavy (non-hydrogen) atoms. The van der Waals surface area contributed by atoms with Gasteiger partial charge in [-0.15, -0.1) is 0 Å². The van der Waals surface area contributed by atoms with E-state index in [1.165, 1.54) is 0 Å². The minimum atomic E-state index is -0.534. The van der Waals surface area contributed by atoms with Crippen molar-refractivity contribution < 1.29 is 14.3 Å². The number of aryl methyl sites for hydroxylation is 3. The summed E-state index contributed by atoms with van der Waals surface area (Å²) in [5.74, 6) is 0.395. The largest absolute Gasteiger partial charge is 0.483 e. The number of nitrogens with one attached hydrogen (secondary N) is 1. The highest BCUT2D eigenvalue weighted by molar-refractivity contribution is 5.88. The van der Waals surface area contributed by atoms with Gasteiger partial charge in [0.1, 0.15) is 11.8 Å². The van der Waals surface area contributed by atoms with Gasteiger partial charge in [0, 0.05) is 13.1 Å². The molecule has 5 heteroatoms. The molecule has 0 spiro atoms. The summed E-state index contributed by atoms with van der Waals surface area (Å²) in [6.07, 6.45) is 2.47. The van der Waals surface area contributed by atoms with Crippen molar-refractivity contribution in [1.29, 1.82) is 0 Å². The fourth-order valence-corrected chi connectivity index (χ4v) is 3.40. The number of nitrogens with zero attached hydrogens (tertiary/aromatic N) is 1. The van der Waals surface area contributed by atoms with Crippen LogP contribution in [0.5, 0.6) is 5.75 Å². The van der Waals surface area contributed by atoms with E-state index in [0.29, 0.717) is 25.3 Å². The van der Waals surface area contributed by atoms with Gasteiger partial charge in [-0.3, -0.25) is 9.59 Å². The summed E-state index contributed by atoms with van der Waals surface area (Å²) in [5.41, 5.74) is 4.20. The number of unbranched alkanes of at least 4 members (excludes halogenated alkanes) is 1. The molecule has 0 bridgehead atoms. The predicted octanol–water partition coefficient (Wildman–Crippen LogP) is 4.71. The lowest BCUT2D eigenvalue weighted by molar-refractivity contribution is -0.143. The number of rotatable bonds is 11. The van der Waals surface area contributed by atoms with Gasteiger partial charge in [-0.2, -0.15) is 0 Å². The summed E-state index contributed by atoms with van der Waals surface area (Å²) < 4.78 is 5.87. The van der Waals surface area contributed by atoms with Crippen molar-refractivity contribution in [2.24, 2.45) is 0 Å². The number of hydrogen-bond acceptors (Lipinski definition) is 3. The van der Waals surface area contributed by atoms with E-state index in [0.717, 1.165) is 35.1 Å². The average Bonchev–Trinajstić information content (AvgIpc) is 2.75. The first-order valence-electron chi connectivity index (χ1n) is 11.2. The van der Waals surface area contributed by atoms with Gasteiger partial charge in [-0.05, 0) is 56.4 Å². The Morgan fingerprint density at radius 3 is 2.32 bits per heavy atom. The van der Waals surface area contributed by atoms with Gasteiger partial charge in [0.2, 0.25) is 5.91 Å². The fourth-order valence-electron chi connectivity index (χ4n) is 3.40. The molecule has 0 fully saturated rings. The Balaban J connectivity index is 2.19. The molecular weight excluding hydrogens is 388 g/mol. The van der Waals surface area contributed by atoms with Gasteiger partial charge in [-0.25, -0.2) is 0 Å². The Labute approximate surface area is 186 Å². The van der Waals surface area contributed by atoms with Crippen LogP contribution in [0.1, 0.15) is 55.4 Å². The number of carbonyl (C=O) groups excluding carboxylic acids is 2. The van der Waals surface area contributed by atoms with E-state index >= 15 is 0 Å². The molecule has 0 aliphatic heterocycles. The maximum atomic E-state index is 13.2. The monoisotopic (exact) mass is 424 g/mol. The van der Waals surface area contributed by atoms with Crippen LogP contribution in [0.15, 0.2) is 42.5 Å². The average molecular weight is 425 g/mol. The third-order valence-electron chi connectivity index (χ3n) is 5.38. The zero-order chi connectivity index (χ0) is 22.8. The highest BCUT2D eigenvalue weighted by Crippen LogP contribution is 2.20. The van der Waals surface area contributed by atoms with Crippen molar-refractivity contribution in [2.75, 3.05) is 13.2 Å². The molecule has 0 heterocycles. The Morgan fingerprint density at radius 1 is 1.00 bits per heavy atom. The van der Waals surface area contributed by atoms with Crippen LogP contribution in [0, 0.1) is 20.8 Å².